The highest BCUT2D eigenvalue weighted by atomic mass is 16.1. The van der Waals surface area contributed by atoms with Crippen molar-refractivity contribution in [3.05, 3.63) is 42.2 Å². The monoisotopic (exact) mass is 366 g/mol. The minimum Gasteiger partial charge on any atom is -0.370 e. The van der Waals surface area contributed by atoms with Gasteiger partial charge in [-0.05, 0) is 61.6 Å². The van der Waals surface area contributed by atoms with Gasteiger partial charge in [0.1, 0.15) is 5.82 Å². The maximum Gasteiger partial charge on any atom is 0.257 e. The Labute approximate surface area is 157 Å². The third-order valence-electron chi connectivity index (χ3n) is 5.01. The van der Waals surface area contributed by atoms with Crippen LogP contribution in [-0.2, 0) is 0 Å². The van der Waals surface area contributed by atoms with Crippen LogP contribution in [0.4, 0.5) is 11.5 Å². The van der Waals surface area contributed by atoms with Crippen LogP contribution >= 0.6 is 0 Å². The normalized spacial score (nSPS) is 15.4. The maximum atomic E-state index is 12.4. The van der Waals surface area contributed by atoms with Gasteiger partial charge in [-0.2, -0.15) is 0 Å². The van der Waals surface area contributed by atoms with Crippen LogP contribution in [0.15, 0.2) is 36.7 Å². The van der Waals surface area contributed by atoms with Crippen molar-refractivity contribution >= 4 is 23.1 Å². The van der Waals surface area contributed by atoms with E-state index in [0.717, 1.165) is 31.6 Å². The van der Waals surface area contributed by atoms with E-state index in [9.17, 15) is 4.79 Å². The molecule has 1 N–H and O–H groups in total. The number of nitrogens with zero attached hydrogens (tertiary/aromatic N) is 7. The number of carbonyl (C=O) groups excluding carboxylic acids is 1. The molecule has 0 unspecified atom stereocenters. The van der Waals surface area contributed by atoms with E-state index in [4.69, 9.17) is 0 Å². The van der Waals surface area contributed by atoms with Gasteiger partial charge >= 0.3 is 0 Å². The smallest absolute Gasteiger partial charge is 0.257 e. The van der Waals surface area contributed by atoms with E-state index in [0.29, 0.717) is 23.1 Å². The van der Waals surface area contributed by atoms with Crippen LogP contribution in [-0.4, -0.2) is 69.1 Å². The van der Waals surface area contributed by atoms with Crippen molar-refractivity contribution in [3.63, 3.8) is 0 Å². The Kier molecular flexibility index (Phi) is 4.68. The van der Waals surface area contributed by atoms with Crippen molar-refractivity contribution in [2.24, 2.45) is 0 Å². The Morgan fingerprint density at radius 3 is 2.74 bits per heavy atom. The first kappa shape index (κ1) is 17.3. The SMILES string of the molecule is CN(C)C1CCN(c2ccc(NC(=O)c3ccn4nnnc4c3)nc2)CC1. The number of carbonyl (C=O) groups is 1. The number of amides is 1. The lowest BCUT2D eigenvalue weighted by Gasteiger charge is -2.36. The number of fused-ring (bicyclic) bond motifs is 1. The number of tetrazole rings is 1. The van der Waals surface area contributed by atoms with Gasteiger partial charge in [-0.25, -0.2) is 9.50 Å². The highest BCUT2D eigenvalue weighted by Gasteiger charge is 2.21. The highest BCUT2D eigenvalue weighted by molar-refractivity contribution is 6.04. The lowest BCUT2D eigenvalue weighted by Crippen LogP contribution is -2.42. The molecule has 0 bridgehead atoms. The molecule has 0 radical (unpaired) electrons. The van der Waals surface area contributed by atoms with Crippen LogP contribution in [0.2, 0.25) is 0 Å². The molecule has 1 fully saturated rings. The Morgan fingerprint density at radius 2 is 2.04 bits per heavy atom. The number of hydrogen-bond acceptors (Lipinski definition) is 7. The summed E-state index contributed by atoms with van der Waals surface area (Å²) in [5.41, 5.74) is 2.09. The Bertz CT molecular complexity index is 928. The molecule has 4 rings (SSSR count). The van der Waals surface area contributed by atoms with E-state index < -0.39 is 0 Å². The Hall–Kier alpha value is -3.07. The zero-order valence-electron chi connectivity index (χ0n) is 15.4. The van der Waals surface area contributed by atoms with Crippen LogP contribution in [0.5, 0.6) is 0 Å². The molecule has 0 aromatic carbocycles. The molecular weight excluding hydrogens is 344 g/mol. The van der Waals surface area contributed by atoms with Gasteiger partial charge in [0.25, 0.3) is 5.91 Å². The number of nitrogens with one attached hydrogen (secondary N) is 1. The average molecular weight is 366 g/mol. The molecular formula is C18H22N8O. The van der Waals surface area contributed by atoms with Gasteiger partial charge in [-0.3, -0.25) is 4.79 Å². The number of pyridine rings is 2. The zero-order chi connectivity index (χ0) is 18.8. The average Bonchev–Trinajstić information content (AvgIpc) is 3.16. The molecule has 3 aromatic heterocycles. The van der Waals surface area contributed by atoms with Gasteiger partial charge in [0.15, 0.2) is 5.65 Å². The van der Waals surface area contributed by atoms with Crippen molar-refractivity contribution in [2.45, 2.75) is 18.9 Å². The van der Waals surface area contributed by atoms with E-state index in [1.807, 2.05) is 18.3 Å². The number of aromatic nitrogens is 5. The summed E-state index contributed by atoms with van der Waals surface area (Å²) < 4.78 is 1.50. The van der Waals surface area contributed by atoms with Gasteiger partial charge in [0.05, 0.1) is 11.9 Å². The molecule has 1 aliphatic rings. The predicted molar refractivity (Wildman–Crippen MR) is 102 cm³/mol. The molecule has 0 atom stereocenters. The third kappa shape index (κ3) is 3.72. The van der Waals surface area contributed by atoms with Gasteiger partial charge < -0.3 is 15.1 Å². The van der Waals surface area contributed by atoms with Crippen LogP contribution in [0, 0.1) is 0 Å². The second kappa shape index (κ2) is 7.28. The van der Waals surface area contributed by atoms with Crippen LogP contribution in [0.3, 0.4) is 0 Å². The fourth-order valence-electron chi connectivity index (χ4n) is 3.36. The van der Waals surface area contributed by atoms with E-state index >= 15 is 0 Å². The quantitative estimate of drug-likeness (QED) is 0.744. The van der Waals surface area contributed by atoms with E-state index in [1.165, 1.54) is 4.52 Å². The van der Waals surface area contributed by atoms with Gasteiger partial charge in [0, 0.05) is 30.9 Å². The second-order valence-electron chi connectivity index (χ2n) is 6.93. The van der Waals surface area contributed by atoms with Crippen LogP contribution in [0.1, 0.15) is 23.2 Å². The molecule has 27 heavy (non-hydrogen) atoms. The molecule has 0 spiro atoms. The van der Waals surface area contributed by atoms with Gasteiger partial charge in [-0.15, -0.1) is 5.10 Å². The minimum atomic E-state index is -0.243. The maximum absolute atomic E-state index is 12.4. The van der Waals surface area contributed by atoms with Crippen molar-refractivity contribution in [3.8, 4) is 0 Å². The van der Waals surface area contributed by atoms with Crippen LogP contribution < -0.4 is 10.2 Å². The van der Waals surface area contributed by atoms with Crippen molar-refractivity contribution in [1.29, 1.82) is 0 Å². The van der Waals surface area contributed by atoms with E-state index in [1.54, 1.807) is 18.3 Å². The van der Waals surface area contributed by atoms with Crippen molar-refractivity contribution in [2.75, 3.05) is 37.4 Å². The van der Waals surface area contributed by atoms with Crippen molar-refractivity contribution < 1.29 is 4.79 Å². The summed E-state index contributed by atoms with van der Waals surface area (Å²) in [4.78, 5) is 21.4. The fourth-order valence-corrected chi connectivity index (χ4v) is 3.36. The molecule has 140 valence electrons. The predicted octanol–water partition coefficient (Wildman–Crippen LogP) is 1.30. The third-order valence-corrected chi connectivity index (χ3v) is 5.01. The minimum absolute atomic E-state index is 0.243. The number of hydrogen-bond donors (Lipinski definition) is 1. The summed E-state index contributed by atoms with van der Waals surface area (Å²) in [7, 11) is 4.27. The summed E-state index contributed by atoms with van der Waals surface area (Å²) in [5, 5.41) is 14.0. The highest BCUT2D eigenvalue weighted by Crippen LogP contribution is 2.22. The second-order valence-corrected chi connectivity index (χ2v) is 6.93. The molecule has 4 heterocycles. The van der Waals surface area contributed by atoms with Crippen molar-refractivity contribution in [1.82, 2.24) is 29.9 Å². The summed E-state index contributed by atoms with van der Waals surface area (Å²) in [6.07, 6.45) is 5.76. The Morgan fingerprint density at radius 1 is 1.22 bits per heavy atom. The number of rotatable bonds is 4. The summed E-state index contributed by atoms with van der Waals surface area (Å²) in [5.74, 6) is 0.277. The molecule has 3 aromatic rings. The summed E-state index contributed by atoms with van der Waals surface area (Å²) in [6.45, 7) is 2.03. The zero-order valence-corrected chi connectivity index (χ0v) is 15.4. The molecule has 1 saturated heterocycles. The summed E-state index contributed by atoms with van der Waals surface area (Å²) >= 11 is 0. The van der Waals surface area contributed by atoms with E-state index in [2.05, 4.69) is 49.7 Å². The lowest BCUT2D eigenvalue weighted by molar-refractivity contribution is 0.102. The molecule has 0 aliphatic carbocycles. The molecule has 1 aliphatic heterocycles. The van der Waals surface area contributed by atoms with E-state index in [-0.39, 0.29) is 5.91 Å². The van der Waals surface area contributed by atoms with Gasteiger partial charge in [-0.1, -0.05) is 0 Å². The molecule has 9 heteroatoms. The lowest BCUT2D eigenvalue weighted by atomic mass is 10.0. The standard InChI is InChI=1S/C18H22N8O/c1-24(2)14-6-8-25(9-7-14)15-3-4-16(19-12-15)20-18(27)13-5-10-26-17(11-13)21-22-23-26/h3-5,10-12,14H,6-9H2,1-2H3,(H,19,20,27). The first-order valence-corrected chi connectivity index (χ1v) is 8.97. The molecule has 9 nitrogen and oxygen atoms in total. The largest absolute Gasteiger partial charge is 0.370 e. The van der Waals surface area contributed by atoms with Gasteiger partial charge in [0.2, 0.25) is 0 Å². The molecule has 0 saturated carbocycles. The topological polar surface area (TPSA) is 91.5 Å². The number of anilines is 2. The number of piperidine rings is 1. The molecule has 1 amide bonds. The Balaban J connectivity index is 1.39. The first-order valence-electron chi connectivity index (χ1n) is 8.97. The van der Waals surface area contributed by atoms with Crippen LogP contribution in [0.25, 0.3) is 5.65 Å². The first-order chi connectivity index (χ1) is 13.1. The fraction of sp³-hybridized carbons (Fsp3) is 0.389. The summed E-state index contributed by atoms with van der Waals surface area (Å²) in [6, 6.07) is 7.79.